The van der Waals surface area contributed by atoms with Gasteiger partial charge in [-0.05, 0) is 25.1 Å². The maximum Gasteiger partial charge on any atom is 0.357 e. The highest BCUT2D eigenvalue weighted by Crippen LogP contribution is 2.23. The zero-order chi connectivity index (χ0) is 15.4. The number of ether oxygens (including phenoxy) is 1. The molecule has 0 fully saturated rings. The van der Waals surface area contributed by atoms with Gasteiger partial charge in [0.05, 0.1) is 16.7 Å². The van der Waals surface area contributed by atoms with E-state index in [0.717, 1.165) is 11.3 Å². The second-order valence-corrected chi connectivity index (χ2v) is 5.51. The van der Waals surface area contributed by atoms with Gasteiger partial charge in [0, 0.05) is 10.9 Å². The monoisotopic (exact) mass is 344 g/mol. The molecule has 21 heavy (non-hydrogen) atoms. The predicted molar refractivity (Wildman–Crippen MR) is 82.5 cm³/mol. The Bertz CT molecular complexity index is 688. The van der Waals surface area contributed by atoms with Crippen LogP contribution in [0.1, 0.15) is 27.8 Å². The lowest BCUT2D eigenvalue weighted by Crippen LogP contribution is -2.12. The molecule has 0 bridgehead atoms. The fourth-order valence-corrected chi connectivity index (χ4v) is 2.41. The number of halogens is 2. The van der Waals surface area contributed by atoms with E-state index in [2.05, 4.69) is 10.3 Å². The Kier molecular flexibility index (Phi) is 5.17. The van der Waals surface area contributed by atoms with Crippen LogP contribution in [0.5, 0.6) is 0 Å². The van der Waals surface area contributed by atoms with Crippen LogP contribution in [0.3, 0.4) is 0 Å². The molecule has 2 aromatic rings. The van der Waals surface area contributed by atoms with Crippen molar-refractivity contribution in [3.8, 4) is 0 Å². The minimum Gasteiger partial charge on any atom is -0.461 e. The van der Waals surface area contributed by atoms with E-state index >= 15 is 0 Å². The maximum absolute atomic E-state index is 12.0. The van der Waals surface area contributed by atoms with Gasteiger partial charge in [0.1, 0.15) is 0 Å². The fourth-order valence-electron chi connectivity index (χ4n) is 1.44. The first-order valence-corrected chi connectivity index (χ1v) is 7.54. The molecule has 1 heterocycles. The van der Waals surface area contributed by atoms with Gasteiger partial charge in [-0.25, -0.2) is 9.78 Å². The Morgan fingerprint density at radius 3 is 2.76 bits per heavy atom. The molecule has 5 nitrogen and oxygen atoms in total. The predicted octanol–water partition coefficient (Wildman–Crippen LogP) is 3.88. The average Bonchev–Trinajstić information content (AvgIpc) is 2.90. The molecule has 0 saturated heterocycles. The standard InChI is InChI=1S/C13H10Cl2N2O3S/c1-2-20-12(19)10-6-21-13(16-10)17-11(18)7-3-4-8(14)9(15)5-7/h3-6H,2H2,1H3,(H,16,17,18). The molecular formula is C13H10Cl2N2O3S. The average molecular weight is 345 g/mol. The van der Waals surface area contributed by atoms with Gasteiger partial charge in [0.15, 0.2) is 10.8 Å². The fraction of sp³-hybridized carbons (Fsp3) is 0.154. The van der Waals surface area contributed by atoms with Gasteiger partial charge in [-0.2, -0.15) is 0 Å². The Balaban J connectivity index is 2.09. The van der Waals surface area contributed by atoms with Crippen LogP contribution in [0.2, 0.25) is 10.0 Å². The largest absolute Gasteiger partial charge is 0.461 e. The Morgan fingerprint density at radius 1 is 1.33 bits per heavy atom. The van der Waals surface area contributed by atoms with Crippen LogP contribution in [-0.4, -0.2) is 23.5 Å². The summed E-state index contributed by atoms with van der Waals surface area (Å²) in [5, 5.41) is 5.05. The molecule has 0 saturated carbocycles. The van der Waals surface area contributed by atoms with E-state index in [9.17, 15) is 9.59 Å². The number of carbonyl (C=O) groups excluding carboxylic acids is 2. The molecule has 1 amide bonds. The summed E-state index contributed by atoms with van der Waals surface area (Å²) in [6.07, 6.45) is 0. The molecule has 110 valence electrons. The van der Waals surface area contributed by atoms with E-state index in [1.807, 2.05) is 0 Å². The number of thiazole rings is 1. The van der Waals surface area contributed by atoms with Crippen molar-refractivity contribution in [2.45, 2.75) is 6.92 Å². The van der Waals surface area contributed by atoms with Crippen molar-refractivity contribution in [1.29, 1.82) is 0 Å². The number of hydrogen-bond donors (Lipinski definition) is 1. The third kappa shape index (κ3) is 3.93. The number of hydrogen-bond acceptors (Lipinski definition) is 5. The van der Waals surface area contributed by atoms with Crippen LogP contribution in [-0.2, 0) is 4.74 Å². The van der Waals surface area contributed by atoms with E-state index in [-0.39, 0.29) is 17.3 Å². The summed E-state index contributed by atoms with van der Waals surface area (Å²) >= 11 is 12.8. The van der Waals surface area contributed by atoms with Crippen molar-refractivity contribution in [1.82, 2.24) is 4.98 Å². The minimum atomic E-state index is -0.524. The third-order valence-electron chi connectivity index (χ3n) is 2.39. The molecule has 1 aromatic heterocycles. The van der Waals surface area contributed by atoms with Gasteiger partial charge in [-0.15, -0.1) is 11.3 Å². The Morgan fingerprint density at radius 2 is 2.10 bits per heavy atom. The summed E-state index contributed by atoms with van der Waals surface area (Å²) in [7, 11) is 0. The van der Waals surface area contributed by atoms with Gasteiger partial charge in [-0.3, -0.25) is 10.1 Å². The van der Waals surface area contributed by atoms with E-state index in [1.54, 1.807) is 13.0 Å². The zero-order valence-electron chi connectivity index (χ0n) is 10.9. The number of amides is 1. The summed E-state index contributed by atoms with van der Waals surface area (Å²) in [6, 6.07) is 4.53. The van der Waals surface area contributed by atoms with Gasteiger partial charge < -0.3 is 4.74 Å². The maximum atomic E-state index is 12.0. The topological polar surface area (TPSA) is 68.3 Å². The molecule has 2 rings (SSSR count). The molecule has 0 aliphatic heterocycles. The van der Waals surface area contributed by atoms with Crippen molar-refractivity contribution < 1.29 is 14.3 Å². The summed E-state index contributed by atoms with van der Waals surface area (Å²) in [4.78, 5) is 27.5. The number of benzene rings is 1. The highest BCUT2D eigenvalue weighted by atomic mass is 35.5. The third-order valence-corrected chi connectivity index (χ3v) is 3.89. The highest BCUT2D eigenvalue weighted by molar-refractivity contribution is 7.14. The summed E-state index contributed by atoms with van der Waals surface area (Å²) < 4.78 is 4.82. The number of aromatic nitrogens is 1. The summed E-state index contributed by atoms with van der Waals surface area (Å²) in [5.41, 5.74) is 0.503. The Hall–Kier alpha value is -1.63. The van der Waals surface area contributed by atoms with Crippen LogP contribution < -0.4 is 5.32 Å². The van der Waals surface area contributed by atoms with Gasteiger partial charge >= 0.3 is 5.97 Å². The van der Waals surface area contributed by atoms with Crippen molar-refractivity contribution in [3.05, 3.63) is 44.9 Å². The molecule has 0 aliphatic carbocycles. The lowest BCUT2D eigenvalue weighted by Gasteiger charge is -2.03. The number of rotatable bonds is 4. The number of nitrogens with one attached hydrogen (secondary N) is 1. The van der Waals surface area contributed by atoms with E-state index in [4.69, 9.17) is 27.9 Å². The molecule has 8 heteroatoms. The lowest BCUT2D eigenvalue weighted by atomic mass is 10.2. The minimum absolute atomic E-state index is 0.159. The van der Waals surface area contributed by atoms with Crippen LogP contribution in [0, 0.1) is 0 Å². The summed E-state index contributed by atoms with van der Waals surface area (Å²) in [6.45, 7) is 1.97. The molecule has 1 aromatic carbocycles. The van der Waals surface area contributed by atoms with Crippen molar-refractivity contribution in [2.24, 2.45) is 0 Å². The first-order valence-electron chi connectivity index (χ1n) is 5.90. The van der Waals surface area contributed by atoms with E-state index < -0.39 is 11.9 Å². The second kappa shape index (κ2) is 6.89. The smallest absolute Gasteiger partial charge is 0.357 e. The van der Waals surface area contributed by atoms with Crippen molar-refractivity contribution >= 4 is 51.5 Å². The Labute approximate surface area is 134 Å². The summed E-state index contributed by atoms with van der Waals surface area (Å²) in [5.74, 6) is -0.915. The molecular weight excluding hydrogens is 335 g/mol. The number of anilines is 1. The van der Waals surface area contributed by atoms with Crippen LogP contribution in [0.25, 0.3) is 0 Å². The van der Waals surface area contributed by atoms with Gasteiger partial charge in [-0.1, -0.05) is 23.2 Å². The molecule has 0 atom stereocenters. The lowest BCUT2D eigenvalue weighted by molar-refractivity contribution is 0.0520. The first-order chi connectivity index (χ1) is 10.0. The number of esters is 1. The van der Waals surface area contributed by atoms with Crippen LogP contribution >= 0.6 is 34.5 Å². The second-order valence-electron chi connectivity index (χ2n) is 3.84. The molecule has 0 unspecified atom stereocenters. The van der Waals surface area contributed by atoms with Gasteiger partial charge in [0.2, 0.25) is 0 Å². The number of carbonyl (C=O) groups is 2. The zero-order valence-corrected chi connectivity index (χ0v) is 13.2. The molecule has 0 radical (unpaired) electrons. The highest BCUT2D eigenvalue weighted by Gasteiger charge is 2.14. The molecule has 1 N–H and O–H groups in total. The van der Waals surface area contributed by atoms with Crippen molar-refractivity contribution in [2.75, 3.05) is 11.9 Å². The molecule has 0 aliphatic rings. The van der Waals surface area contributed by atoms with Crippen molar-refractivity contribution in [3.63, 3.8) is 0 Å². The SMILES string of the molecule is CCOC(=O)c1csc(NC(=O)c2ccc(Cl)c(Cl)c2)n1. The quantitative estimate of drug-likeness (QED) is 0.854. The van der Waals surface area contributed by atoms with Gasteiger partial charge in [0.25, 0.3) is 5.91 Å². The molecule has 0 spiro atoms. The van der Waals surface area contributed by atoms with Crippen LogP contribution in [0.15, 0.2) is 23.6 Å². The first kappa shape index (κ1) is 15.8. The van der Waals surface area contributed by atoms with Crippen LogP contribution in [0.4, 0.5) is 5.13 Å². The van der Waals surface area contributed by atoms with E-state index in [1.165, 1.54) is 17.5 Å². The normalized spacial score (nSPS) is 10.2. The number of nitrogens with zero attached hydrogens (tertiary/aromatic N) is 1. The van der Waals surface area contributed by atoms with E-state index in [0.29, 0.717) is 15.7 Å².